The highest BCUT2D eigenvalue weighted by Crippen LogP contribution is 2.41. The van der Waals surface area contributed by atoms with Crippen LogP contribution in [-0.4, -0.2) is 33.8 Å². The van der Waals surface area contributed by atoms with Gasteiger partial charge in [0.15, 0.2) is 0 Å². The van der Waals surface area contributed by atoms with E-state index in [9.17, 15) is 4.79 Å². The molecule has 7 nitrogen and oxygen atoms in total. The van der Waals surface area contributed by atoms with Crippen molar-refractivity contribution in [3.8, 4) is 17.2 Å². The van der Waals surface area contributed by atoms with Crippen molar-refractivity contribution in [3.05, 3.63) is 75.3 Å². The number of nitrogens with zero attached hydrogens (tertiary/aromatic N) is 4. The standard InChI is InChI=1S/C25H26N4O3/c1-15-5-8-22(16(2)9-15)29-24-21(13-26-29)23(18-6-7-18)27-28(25(24)30)14-17-10-19(31-3)12-20(11-17)32-4/h5,8-13,18H,6-7,14H2,1-4H3. The van der Waals surface area contributed by atoms with E-state index in [0.29, 0.717) is 29.5 Å². The van der Waals surface area contributed by atoms with E-state index in [2.05, 4.69) is 18.1 Å². The van der Waals surface area contributed by atoms with Gasteiger partial charge in [0.1, 0.15) is 17.0 Å². The predicted octanol–water partition coefficient (Wildman–Crippen LogP) is 4.14. The topological polar surface area (TPSA) is 71.2 Å². The molecule has 5 rings (SSSR count). The van der Waals surface area contributed by atoms with Crippen molar-refractivity contribution in [1.29, 1.82) is 0 Å². The Morgan fingerprint density at radius 1 is 1.03 bits per heavy atom. The lowest BCUT2D eigenvalue weighted by Crippen LogP contribution is -2.26. The second kappa shape index (κ2) is 7.82. The summed E-state index contributed by atoms with van der Waals surface area (Å²) in [5.74, 6) is 1.73. The molecular formula is C25H26N4O3. The summed E-state index contributed by atoms with van der Waals surface area (Å²) in [6.07, 6.45) is 3.96. The third-order valence-corrected chi connectivity index (χ3v) is 6.00. The molecule has 164 valence electrons. The summed E-state index contributed by atoms with van der Waals surface area (Å²) in [5.41, 5.74) is 5.40. The van der Waals surface area contributed by atoms with Gasteiger partial charge in [-0.25, -0.2) is 9.36 Å². The molecule has 0 spiro atoms. The van der Waals surface area contributed by atoms with Gasteiger partial charge in [-0.3, -0.25) is 4.79 Å². The molecule has 0 bridgehead atoms. The lowest BCUT2D eigenvalue weighted by molar-refractivity contribution is 0.393. The third-order valence-electron chi connectivity index (χ3n) is 6.00. The van der Waals surface area contributed by atoms with Gasteiger partial charge in [0, 0.05) is 17.4 Å². The van der Waals surface area contributed by atoms with Crippen LogP contribution in [0.1, 0.15) is 41.1 Å². The predicted molar refractivity (Wildman–Crippen MR) is 123 cm³/mol. The van der Waals surface area contributed by atoms with E-state index in [4.69, 9.17) is 14.6 Å². The van der Waals surface area contributed by atoms with Gasteiger partial charge in [-0.15, -0.1) is 0 Å². The van der Waals surface area contributed by atoms with Gasteiger partial charge in [0.05, 0.1) is 38.3 Å². The molecule has 1 fully saturated rings. The van der Waals surface area contributed by atoms with Crippen LogP contribution >= 0.6 is 0 Å². The van der Waals surface area contributed by atoms with Crippen LogP contribution in [0.15, 0.2) is 47.4 Å². The van der Waals surface area contributed by atoms with Crippen molar-refractivity contribution in [2.45, 2.75) is 39.2 Å². The first kappa shape index (κ1) is 20.3. The molecular weight excluding hydrogens is 404 g/mol. The number of hydrogen-bond acceptors (Lipinski definition) is 5. The van der Waals surface area contributed by atoms with Gasteiger partial charge in [-0.05, 0) is 56.0 Å². The van der Waals surface area contributed by atoms with Crippen molar-refractivity contribution in [1.82, 2.24) is 19.6 Å². The minimum Gasteiger partial charge on any atom is -0.497 e. The Morgan fingerprint density at radius 2 is 1.75 bits per heavy atom. The fourth-order valence-electron chi connectivity index (χ4n) is 4.22. The number of aromatic nitrogens is 4. The molecule has 0 amide bonds. The number of hydrogen-bond donors (Lipinski definition) is 0. The molecule has 7 heteroatoms. The maximum atomic E-state index is 13.6. The molecule has 0 radical (unpaired) electrons. The molecule has 0 saturated heterocycles. The first-order valence-corrected chi connectivity index (χ1v) is 10.8. The minimum absolute atomic E-state index is 0.163. The Bertz CT molecular complexity index is 1360. The number of benzene rings is 2. The Balaban J connectivity index is 1.69. The van der Waals surface area contributed by atoms with E-state index in [1.165, 1.54) is 5.56 Å². The molecule has 0 atom stereocenters. The summed E-state index contributed by atoms with van der Waals surface area (Å²) in [5, 5.41) is 10.2. The number of ether oxygens (including phenoxy) is 2. The molecule has 2 heterocycles. The molecule has 4 aromatic rings. The molecule has 0 N–H and O–H groups in total. The quantitative estimate of drug-likeness (QED) is 0.460. The van der Waals surface area contributed by atoms with Gasteiger partial charge in [0.25, 0.3) is 5.56 Å². The average molecular weight is 431 g/mol. The Morgan fingerprint density at radius 3 is 2.38 bits per heavy atom. The van der Waals surface area contributed by atoms with E-state index in [1.807, 2.05) is 37.3 Å². The van der Waals surface area contributed by atoms with Gasteiger partial charge in [-0.2, -0.15) is 10.2 Å². The fraction of sp³-hybridized carbons (Fsp3) is 0.320. The van der Waals surface area contributed by atoms with E-state index >= 15 is 0 Å². The summed E-state index contributed by atoms with van der Waals surface area (Å²) >= 11 is 0. The maximum Gasteiger partial charge on any atom is 0.293 e. The lowest BCUT2D eigenvalue weighted by Gasteiger charge is -2.13. The van der Waals surface area contributed by atoms with Crippen LogP contribution in [0.25, 0.3) is 16.6 Å². The van der Waals surface area contributed by atoms with Crippen molar-refractivity contribution < 1.29 is 9.47 Å². The second-order valence-corrected chi connectivity index (χ2v) is 8.45. The summed E-state index contributed by atoms with van der Waals surface area (Å²) in [7, 11) is 3.23. The van der Waals surface area contributed by atoms with E-state index < -0.39 is 0 Å². The molecule has 0 unspecified atom stereocenters. The van der Waals surface area contributed by atoms with Gasteiger partial charge < -0.3 is 9.47 Å². The molecule has 32 heavy (non-hydrogen) atoms. The largest absolute Gasteiger partial charge is 0.497 e. The van der Waals surface area contributed by atoms with Crippen molar-refractivity contribution in [2.24, 2.45) is 0 Å². The zero-order valence-electron chi connectivity index (χ0n) is 18.8. The van der Waals surface area contributed by atoms with Crippen molar-refractivity contribution in [2.75, 3.05) is 14.2 Å². The first-order chi connectivity index (χ1) is 15.5. The zero-order valence-corrected chi connectivity index (χ0v) is 18.8. The summed E-state index contributed by atoms with van der Waals surface area (Å²) < 4.78 is 14.1. The van der Waals surface area contributed by atoms with Crippen LogP contribution in [-0.2, 0) is 6.54 Å². The highest BCUT2D eigenvalue weighted by Gasteiger charge is 2.30. The smallest absolute Gasteiger partial charge is 0.293 e. The van der Waals surface area contributed by atoms with Crippen LogP contribution in [0.4, 0.5) is 0 Å². The van der Waals surface area contributed by atoms with Crippen LogP contribution in [0.5, 0.6) is 11.5 Å². The molecule has 1 aliphatic carbocycles. The zero-order chi connectivity index (χ0) is 22.4. The number of aryl methyl sites for hydroxylation is 2. The molecule has 2 aromatic heterocycles. The number of fused-ring (bicyclic) bond motifs is 1. The average Bonchev–Trinajstić information content (AvgIpc) is 3.54. The second-order valence-electron chi connectivity index (χ2n) is 8.45. The first-order valence-electron chi connectivity index (χ1n) is 10.8. The molecule has 1 saturated carbocycles. The number of rotatable bonds is 6. The summed E-state index contributed by atoms with van der Waals surface area (Å²) in [6.45, 7) is 4.42. The van der Waals surface area contributed by atoms with E-state index in [1.54, 1.807) is 29.8 Å². The SMILES string of the molecule is COc1cc(Cn2nc(C3CC3)c3cnn(-c4ccc(C)cc4C)c3c2=O)cc(OC)c1. The van der Waals surface area contributed by atoms with Crippen molar-refractivity contribution >= 4 is 10.9 Å². The Labute approximate surface area is 186 Å². The highest BCUT2D eigenvalue weighted by atomic mass is 16.5. The molecule has 0 aliphatic heterocycles. The highest BCUT2D eigenvalue weighted by molar-refractivity contribution is 5.82. The number of methoxy groups -OCH3 is 2. The van der Waals surface area contributed by atoms with Gasteiger partial charge in [0.2, 0.25) is 0 Å². The maximum absolute atomic E-state index is 13.6. The van der Waals surface area contributed by atoms with Gasteiger partial charge >= 0.3 is 0 Å². The van der Waals surface area contributed by atoms with Crippen molar-refractivity contribution in [3.63, 3.8) is 0 Å². The van der Waals surface area contributed by atoms with Crippen LogP contribution in [0, 0.1) is 13.8 Å². The normalized spacial score (nSPS) is 13.5. The summed E-state index contributed by atoms with van der Waals surface area (Å²) in [6, 6.07) is 11.8. The fourth-order valence-corrected chi connectivity index (χ4v) is 4.22. The van der Waals surface area contributed by atoms with E-state index in [-0.39, 0.29) is 5.56 Å². The minimum atomic E-state index is -0.163. The van der Waals surface area contributed by atoms with Gasteiger partial charge in [-0.1, -0.05) is 17.7 Å². The Kier molecular flexibility index (Phi) is 4.96. The van der Waals surface area contributed by atoms with E-state index in [0.717, 1.165) is 40.7 Å². The molecule has 1 aliphatic rings. The van der Waals surface area contributed by atoms with Crippen LogP contribution in [0.2, 0.25) is 0 Å². The summed E-state index contributed by atoms with van der Waals surface area (Å²) in [4.78, 5) is 13.6. The lowest BCUT2D eigenvalue weighted by atomic mass is 10.1. The molecule has 2 aromatic carbocycles. The monoisotopic (exact) mass is 430 g/mol. The Hall–Kier alpha value is -3.61. The van der Waals surface area contributed by atoms with Crippen LogP contribution in [0.3, 0.4) is 0 Å². The third kappa shape index (κ3) is 3.53. The van der Waals surface area contributed by atoms with Crippen LogP contribution < -0.4 is 15.0 Å².